The monoisotopic (exact) mass is 1200 g/mol. The molecule has 5 aliphatic rings. The average molecular weight is 1200 g/mol. The molecule has 6 rings (SSSR count). The van der Waals surface area contributed by atoms with Crippen molar-refractivity contribution < 1.29 is 47.7 Å². The van der Waals surface area contributed by atoms with Crippen molar-refractivity contribution in [3.05, 3.63) is 6.07 Å². The lowest BCUT2D eigenvalue weighted by Gasteiger charge is -2.55. The molecule has 1 aromatic rings. The van der Waals surface area contributed by atoms with Crippen LogP contribution < -0.4 is 23.7 Å². The van der Waals surface area contributed by atoms with Crippen molar-refractivity contribution in [2.45, 2.75) is 325 Å². The number of hydrogen-bond acceptors (Lipinski definition) is 15. The highest BCUT2D eigenvalue weighted by atomic mass is 16.6. The topological polar surface area (TPSA) is 148 Å². The van der Waals surface area contributed by atoms with Gasteiger partial charge in [0, 0.05) is 61.5 Å². The summed E-state index contributed by atoms with van der Waals surface area (Å²) in [7, 11) is 0. The number of nitrogens with zero attached hydrogens (tertiary/aromatic N) is 5. The summed E-state index contributed by atoms with van der Waals surface area (Å²) < 4.78 is 33.9. The zero-order valence-electron chi connectivity index (χ0n) is 58.9. The number of carbonyl (C=O) groups excluding carboxylic acids is 5. The van der Waals surface area contributed by atoms with E-state index in [0.717, 1.165) is 64.8 Å². The van der Waals surface area contributed by atoms with E-state index in [2.05, 4.69) is 198 Å². The maximum atomic E-state index is 15.7. The van der Waals surface area contributed by atoms with Gasteiger partial charge < -0.3 is 23.7 Å². The Kier molecular flexibility index (Phi) is 21.5. The first kappa shape index (κ1) is 71.4. The van der Waals surface area contributed by atoms with Crippen molar-refractivity contribution in [3.8, 4) is 28.7 Å². The molecule has 0 unspecified atom stereocenters. The zero-order chi connectivity index (χ0) is 64.9. The minimum absolute atomic E-state index is 0.269. The van der Waals surface area contributed by atoms with Crippen molar-refractivity contribution in [3.63, 3.8) is 0 Å². The lowest BCUT2D eigenvalue weighted by molar-refractivity contribution is -0.152. The lowest BCUT2D eigenvalue weighted by Crippen LogP contribution is -2.62. The molecular weight excluding hydrogens is 1080 g/mol. The fourth-order valence-electron chi connectivity index (χ4n) is 18.5. The molecule has 1 aromatic carbocycles. The van der Waals surface area contributed by atoms with Crippen molar-refractivity contribution in [2.24, 2.45) is 29.6 Å². The molecule has 0 saturated carbocycles. The summed E-state index contributed by atoms with van der Waals surface area (Å²) >= 11 is 0. The van der Waals surface area contributed by atoms with Crippen LogP contribution in [0.25, 0.3) is 0 Å². The van der Waals surface area contributed by atoms with Gasteiger partial charge in [0.2, 0.25) is 17.2 Å². The predicted octanol–water partition coefficient (Wildman–Crippen LogP) is 14.6. The molecule has 0 aliphatic carbocycles. The predicted molar refractivity (Wildman–Crippen MR) is 344 cm³/mol. The molecule has 490 valence electrons. The highest BCUT2D eigenvalue weighted by molar-refractivity contribution is 5.88. The second-order valence-corrected chi connectivity index (χ2v) is 33.4. The van der Waals surface area contributed by atoms with Crippen LogP contribution in [0, 0.1) is 29.6 Å². The third-order valence-corrected chi connectivity index (χ3v) is 20.8. The van der Waals surface area contributed by atoms with Gasteiger partial charge in [0.25, 0.3) is 0 Å². The third kappa shape index (κ3) is 15.4. The molecule has 15 heteroatoms. The summed E-state index contributed by atoms with van der Waals surface area (Å²) in [4.78, 5) is 89.9. The molecule has 86 heavy (non-hydrogen) atoms. The normalized spacial score (nSPS) is 25.3. The van der Waals surface area contributed by atoms with Gasteiger partial charge in [0.15, 0.2) is 11.5 Å². The molecule has 5 aliphatic heterocycles. The number of piperidine rings is 5. The Balaban J connectivity index is 1.64. The molecule has 0 N–H and O–H groups in total. The molecule has 5 heterocycles. The Bertz CT molecular complexity index is 2380. The van der Waals surface area contributed by atoms with E-state index in [0.29, 0.717) is 64.2 Å². The number of carbonyl (C=O) groups is 5. The van der Waals surface area contributed by atoms with Crippen LogP contribution in [0.3, 0.4) is 0 Å². The molecular formula is C71H121N5O10. The molecule has 5 saturated heterocycles. The van der Waals surface area contributed by atoms with Crippen LogP contribution in [-0.4, -0.2) is 142 Å². The van der Waals surface area contributed by atoms with Crippen LogP contribution in [0.5, 0.6) is 28.7 Å². The van der Waals surface area contributed by atoms with Crippen LogP contribution in [0.2, 0.25) is 0 Å². The highest BCUT2D eigenvalue weighted by Gasteiger charge is 2.54. The van der Waals surface area contributed by atoms with E-state index in [1.807, 2.05) is 0 Å². The maximum absolute atomic E-state index is 15.7. The Hall–Kier alpha value is -3.63. The summed E-state index contributed by atoms with van der Waals surface area (Å²) in [5.74, 6) is -7.93. The van der Waals surface area contributed by atoms with Crippen LogP contribution in [-0.2, 0) is 24.0 Å². The first-order chi connectivity index (χ1) is 39.4. The van der Waals surface area contributed by atoms with Gasteiger partial charge in [-0.25, -0.2) is 0 Å². The van der Waals surface area contributed by atoms with Gasteiger partial charge in [0.1, 0.15) is 0 Å². The first-order valence-corrected chi connectivity index (χ1v) is 33.6. The summed E-state index contributed by atoms with van der Waals surface area (Å²) in [6.07, 6.45) is 9.21. The van der Waals surface area contributed by atoms with Crippen LogP contribution in [0.15, 0.2) is 6.07 Å². The summed E-state index contributed by atoms with van der Waals surface area (Å²) in [6, 6.07) is 1.37. The van der Waals surface area contributed by atoms with Gasteiger partial charge in [-0.3, -0.25) is 48.5 Å². The van der Waals surface area contributed by atoms with Crippen LogP contribution in [0.1, 0.15) is 269 Å². The molecule has 0 spiro atoms. The number of benzene rings is 1. The number of esters is 5. The fourth-order valence-corrected chi connectivity index (χ4v) is 18.5. The third-order valence-electron chi connectivity index (χ3n) is 20.8. The van der Waals surface area contributed by atoms with Gasteiger partial charge in [-0.2, -0.15) is 0 Å². The Morgan fingerprint density at radius 3 is 0.605 bits per heavy atom. The molecule has 15 nitrogen and oxygen atoms in total. The standard InChI is InChI=1S/C71H121N5O10/c1-26-31-72-62(6,7)37-47(38-63(72,8)9)57(77)82-52-36-53(83-58(78)48-39-64(10,11)73(32-27-2)65(12,13)40-48)55(85-60(80)50-43-68(18,19)75(34-29-4)69(20,21)44-50)56(86-61(81)51-45-70(22,23)76(35-30-5)71(24,25)46-51)54(52)84-59(79)49-41-66(14,15)74(33-28-3)67(16,17)42-49/h36,47-51H,26-35,37-46H2,1-25H3. The maximum Gasteiger partial charge on any atom is 0.314 e. The van der Waals surface area contributed by atoms with E-state index >= 15 is 24.0 Å². The van der Waals surface area contributed by atoms with Gasteiger partial charge in [-0.15, -0.1) is 0 Å². The van der Waals surface area contributed by atoms with Crippen molar-refractivity contribution in [1.82, 2.24) is 24.5 Å². The Morgan fingerprint density at radius 2 is 0.442 bits per heavy atom. The van der Waals surface area contributed by atoms with Gasteiger partial charge in [-0.1, -0.05) is 34.6 Å². The van der Waals surface area contributed by atoms with E-state index in [9.17, 15) is 0 Å². The van der Waals surface area contributed by atoms with E-state index < -0.39 is 121 Å². The van der Waals surface area contributed by atoms with Crippen molar-refractivity contribution in [2.75, 3.05) is 32.7 Å². The van der Waals surface area contributed by atoms with Crippen LogP contribution in [0.4, 0.5) is 0 Å². The summed E-state index contributed by atoms with van der Waals surface area (Å²) in [5, 5.41) is 0. The van der Waals surface area contributed by atoms with Gasteiger partial charge in [0.05, 0.1) is 29.6 Å². The van der Waals surface area contributed by atoms with Gasteiger partial charge >= 0.3 is 29.8 Å². The Morgan fingerprint density at radius 1 is 0.291 bits per heavy atom. The first-order valence-electron chi connectivity index (χ1n) is 33.6. The lowest BCUT2D eigenvalue weighted by atomic mass is 9.73. The molecule has 0 amide bonds. The smallest absolute Gasteiger partial charge is 0.314 e. The van der Waals surface area contributed by atoms with Gasteiger partial charge in [-0.05, 0) is 268 Å². The number of likely N-dealkylation sites (tertiary alicyclic amines) is 5. The fraction of sp³-hybridized carbons (Fsp3) is 0.845. The van der Waals surface area contributed by atoms with E-state index in [-0.39, 0.29) is 23.0 Å². The van der Waals surface area contributed by atoms with E-state index in [1.54, 1.807) is 0 Å². The number of ether oxygens (including phenoxy) is 5. The van der Waals surface area contributed by atoms with E-state index in [4.69, 9.17) is 23.7 Å². The minimum Gasteiger partial charge on any atom is -0.422 e. The quantitative estimate of drug-likeness (QED) is 0.0900. The summed E-state index contributed by atoms with van der Waals surface area (Å²) in [5.41, 5.74) is -4.18. The van der Waals surface area contributed by atoms with Crippen LogP contribution >= 0.6 is 0 Å². The van der Waals surface area contributed by atoms with Crippen molar-refractivity contribution in [1.29, 1.82) is 0 Å². The summed E-state index contributed by atoms with van der Waals surface area (Å²) in [6.45, 7) is 58.1. The molecule has 0 aromatic heterocycles. The van der Waals surface area contributed by atoms with Crippen molar-refractivity contribution >= 4 is 29.8 Å². The molecule has 0 atom stereocenters. The van der Waals surface area contributed by atoms with E-state index in [1.165, 1.54) is 6.07 Å². The minimum atomic E-state index is -0.679. The second-order valence-electron chi connectivity index (χ2n) is 33.4. The largest absolute Gasteiger partial charge is 0.422 e. The average Bonchev–Trinajstić information content (AvgIpc) is 0.877. The molecule has 0 radical (unpaired) electrons. The zero-order valence-corrected chi connectivity index (χ0v) is 58.9. The molecule has 0 bridgehead atoms. The SMILES string of the molecule is CCCN1C(C)(C)CC(C(=O)Oc2cc(OC(=O)C3CC(C)(C)N(CCC)C(C)(C)C3)c(OC(=O)C3CC(C)(C)N(CCC)C(C)(C)C3)c(OC(=O)C3CC(C)(C)N(CCC)C(C)(C)C3)c2OC(=O)C2CC(C)(C)N(CCC)C(C)(C)C2)CC1(C)C. The number of hydrogen-bond donors (Lipinski definition) is 0. The molecule has 5 fully saturated rings. The second kappa shape index (κ2) is 25.9. The highest BCUT2D eigenvalue weighted by Crippen LogP contribution is 2.55. The number of rotatable bonds is 20. The Labute approximate surface area is 521 Å².